The molecule has 1 aromatic rings. The van der Waals surface area contributed by atoms with E-state index in [1.54, 1.807) is 0 Å². The fourth-order valence-corrected chi connectivity index (χ4v) is 2.78. The number of hydrogen-bond donors (Lipinski definition) is 1. The molecule has 0 fully saturated rings. The first-order valence-electron chi connectivity index (χ1n) is 5.93. The molecule has 1 N–H and O–H groups in total. The molecule has 0 aromatic heterocycles. The van der Waals surface area contributed by atoms with E-state index in [-0.39, 0.29) is 12.7 Å². The summed E-state index contributed by atoms with van der Waals surface area (Å²) in [6, 6.07) is 9.31. The van der Waals surface area contributed by atoms with Gasteiger partial charge in [-0.1, -0.05) is 31.5 Å². The first-order chi connectivity index (χ1) is 8.26. The van der Waals surface area contributed by atoms with Crippen molar-refractivity contribution in [1.29, 1.82) is 0 Å². The Bertz CT molecular complexity index is 327. The summed E-state index contributed by atoms with van der Waals surface area (Å²) in [5, 5.41) is 9.20. The molecule has 1 aromatic carbocycles. The predicted octanol–water partition coefficient (Wildman–Crippen LogP) is 1.98. The van der Waals surface area contributed by atoms with Crippen molar-refractivity contribution in [2.24, 2.45) is 0 Å². The Kier molecular flexibility index (Phi) is 6.89. The van der Waals surface area contributed by atoms with Crippen LogP contribution < -0.4 is 4.74 Å². The van der Waals surface area contributed by atoms with Gasteiger partial charge in [-0.15, -0.1) is 0 Å². The van der Waals surface area contributed by atoms with Gasteiger partial charge in [0.25, 0.3) is 0 Å². The maximum absolute atomic E-state index is 11.7. The monoisotopic (exact) mass is 256 g/mol. The lowest BCUT2D eigenvalue weighted by Crippen LogP contribution is -2.28. The number of aliphatic hydroxyl groups is 1. The third-order valence-electron chi connectivity index (χ3n) is 2.35. The van der Waals surface area contributed by atoms with Crippen LogP contribution >= 0.6 is 0 Å². The number of para-hydroxylation sites is 1. The normalized spacial score (nSPS) is 14.2. The third-order valence-corrected chi connectivity index (χ3v) is 3.83. The van der Waals surface area contributed by atoms with Crippen LogP contribution in [0, 0.1) is 0 Å². The van der Waals surface area contributed by atoms with E-state index in [1.807, 2.05) is 30.3 Å². The molecule has 17 heavy (non-hydrogen) atoms. The Labute approximate surface area is 105 Å². The SMILES string of the molecule is CCCCS(=O)CC(CO)Oc1ccccc1. The van der Waals surface area contributed by atoms with E-state index in [9.17, 15) is 9.32 Å². The summed E-state index contributed by atoms with van der Waals surface area (Å²) >= 11 is 0. The van der Waals surface area contributed by atoms with Gasteiger partial charge in [0.2, 0.25) is 0 Å². The molecule has 3 nitrogen and oxygen atoms in total. The average molecular weight is 256 g/mol. The number of hydrogen-bond acceptors (Lipinski definition) is 3. The highest BCUT2D eigenvalue weighted by atomic mass is 32.2. The molecule has 0 spiro atoms. The van der Waals surface area contributed by atoms with Crippen molar-refractivity contribution in [2.45, 2.75) is 25.9 Å². The van der Waals surface area contributed by atoms with Crippen LogP contribution in [0.25, 0.3) is 0 Å². The quantitative estimate of drug-likeness (QED) is 0.773. The molecule has 4 heteroatoms. The van der Waals surface area contributed by atoms with Crippen molar-refractivity contribution >= 4 is 10.8 Å². The van der Waals surface area contributed by atoms with Crippen molar-refractivity contribution in [3.8, 4) is 5.75 Å². The zero-order valence-electron chi connectivity index (χ0n) is 10.2. The highest BCUT2D eigenvalue weighted by Gasteiger charge is 2.13. The van der Waals surface area contributed by atoms with Crippen LogP contribution in [0.15, 0.2) is 30.3 Å². The van der Waals surface area contributed by atoms with Gasteiger partial charge in [0, 0.05) is 16.6 Å². The minimum atomic E-state index is -0.909. The van der Waals surface area contributed by atoms with E-state index in [0.29, 0.717) is 17.3 Å². The molecule has 0 bridgehead atoms. The van der Waals surface area contributed by atoms with Crippen LogP contribution in [0.5, 0.6) is 5.75 Å². The second-order valence-corrected chi connectivity index (χ2v) is 5.52. The van der Waals surface area contributed by atoms with Gasteiger partial charge in [-0.05, 0) is 18.6 Å². The fraction of sp³-hybridized carbons (Fsp3) is 0.538. The van der Waals surface area contributed by atoms with Crippen LogP contribution in [0.4, 0.5) is 0 Å². The molecule has 0 radical (unpaired) electrons. The Morgan fingerprint density at radius 2 is 2.06 bits per heavy atom. The van der Waals surface area contributed by atoms with E-state index < -0.39 is 10.8 Å². The molecule has 0 saturated heterocycles. The summed E-state index contributed by atoms with van der Waals surface area (Å²) in [4.78, 5) is 0. The molecular formula is C13H20O3S. The summed E-state index contributed by atoms with van der Waals surface area (Å²) in [5.74, 6) is 1.79. The smallest absolute Gasteiger partial charge is 0.133 e. The Morgan fingerprint density at radius 1 is 1.35 bits per heavy atom. The van der Waals surface area contributed by atoms with Crippen LogP contribution in [0.3, 0.4) is 0 Å². The number of unbranched alkanes of at least 4 members (excludes halogenated alkanes) is 1. The molecule has 2 atom stereocenters. The lowest BCUT2D eigenvalue weighted by atomic mass is 10.3. The van der Waals surface area contributed by atoms with Crippen molar-refractivity contribution < 1.29 is 14.1 Å². The van der Waals surface area contributed by atoms with Gasteiger partial charge in [0.1, 0.15) is 11.9 Å². The molecule has 0 aliphatic carbocycles. The van der Waals surface area contributed by atoms with Gasteiger partial charge < -0.3 is 9.84 Å². The molecule has 0 heterocycles. The van der Waals surface area contributed by atoms with E-state index in [4.69, 9.17) is 4.74 Å². The molecule has 0 saturated carbocycles. The van der Waals surface area contributed by atoms with Crippen LogP contribution in [0.2, 0.25) is 0 Å². The van der Waals surface area contributed by atoms with E-state index >= 15 is 0 Å². The summed E-state index contributed by atoms with van der Waals surface area (Å²) < 4.78 is 17.3. The highest BCUT2D eigenvalue weighted by molar-refractivity contribution is 7.85. The minimum Gasteiger partial charge on any atom is -0.487 e. The molecular weight excluding hydrogens is 236 g/mol. The van der Waals surface area contributed by atoms with Crippen molar-refractivity contribution in [3.05, 3.63) is 30.3 Å². The maximum atomic E-state index is 11.7. The Morgan fingerprint density at radius 3 is 2.65 bits per heavy atom. The van der Waals surface area contributed by atoms with Gasteiger partial charge in [0.15, 0.2) is 0 Å². The van der Waals surface area contributed by atoms with Gasteiger partial charge in [0.05, 0.1) is 12.4 Å². The zero-order valence-corrected chi connectivity index (χ0v) is 11.0. The Hall–Kier alpha value is -0.870. The van der Waals surface area contributed by atoms with Gasteiger partial charge in [-0.25, -0.2) is 0 Å². The van der Waals surface area contributed by atoms with E-state index in [2.05, 4.69) is 6.92 Å². The lowest BCUT2D eigenvalue weighted by molar-refractivity contribution is 0.132. The number of benzene rings is 1. The number of rotatable bonds is 8. The topological polar surface area (TPSA) is 46.5 Å². The Balaban J connectivity index is 2.41. The second kappa shape index (κ2) is 8.25. The van der Waals surface area contributed by atoms with E-state index in [1.165, 1.54) is 0 Å². The predicted molar refractivity (Wildman–Crippen MR) is 70.7 cm³/mol. The summed E-state index contributed by atoms with van der Waals surface area (Å²) in [6.07, 6.45) is 1.61. The number of ether oxygens (including phenoxy) is 1. The maximum Gasteiger partial charge on any atom is 0.133 e. The summed E-state index contributed by atoms with van der Waals surface area (Å²) in [6.45, 7) is 1.97. The average Bonchev–Trinajstić information content (AvgIpc) is 2.36. The fourth-order valence-electron chi connectivity index (χ4n) is 1.41. The standard InChI is InChI=1S/C13H20O3S/c1-2-3-9-17(15)11-13(10-14)16-12-7-5-4-6-8-12/h4-8,13-14H,2-3,9-11H2,1H3. The minimum absolute atomic E-state index is 0.104. The first-order valence-corrected chi connectivity index (χ1v) is 7.42. The summed E-state index contributed by atoms with van der Waals surface area (Å²) in [5.41, 5.74) is 0. The van der Waals surface area contributed by atoms with Crippen LogP contribution in [-0.2, 0) is 10.8 Å². The zero-order chi connectivity index (χ0) is 12.5. The largest absolute Gasteiger partial charge is 0.487 e. The molecule has 0 aliphatic heterocycles. The van der Waals surface area contributed by atoms with Crippen LogP contribution in [-0.4, -0.2) is 33.5 Å². The van der Waals surface area contributed by atoms with Gasteiger partial charge in [-0.3, -0.25) is 4.21 Å². The van der Waals surface area contributed by atoms with E-state index in [0.717, 1.165) is 12.8 Å². The van der Waals surface area contributed by atoms with Crippen molar-refractivity contribution in [2.75, 3.05) is 18.1 Å². The molecule has 0 amide bonds. The first kappa shape index (κ1) is 14.2. The summed E-state index contributed by atoms with van der Waals surface area (Å²) in [7, 11) is -0.909. The van der Waals surface area contributed by atoms with Crippen molar-refractivity contribution in [1.82, 2.24) is 0 Å². The third kappa shape index (κ3) is 5.84. The van der Waals surface area contributed by atoms with Crippen molar-refractivity contribution in [3.63, 3.8) is 0 Å². The highest BCUT2D eigenvalue weighted by Crippen LogP contribution is 2.11. The molecule has 96 valence electrons. The molecule has 0 aliphatic rings. The van der Waals surface area contributed by atoms with Gasteiger partial charge >= 0.3 is 0 Å². The molecule has 2 unspecified atom stereocenters. The lowest BCUT2D eigenvalue weighted by Gasteiger charge is -2.16. The van der Waals surface area contributed by atoms with Crippen LogP contribution in [0.1, 0.15) is 19.8 Å². The number of aliphatic hydroxyl groups excluding tert-OH is 1. The molecule has 1 rings (SSSR count). The van der Waals surface area contributed by atoms with Gasteiger partial charge in [-0.2, -0.15) is 0 Å². The second-order valence-electron chi connectivity index (χ2n) is 3.90.